The Hall–Kier alpha value is -0.860. The highest BCUT2D eigenvalue weighted by atomic mass is 16.5. The van der Waals surface area contributed by atoms with Crippen molar-refractivity contribution in [2.75, 3.05) is 0 Å². The lowest BCUT2D eigenvalue weighted by molar-refractivity contribution is -0.170. The monoisotopic (exact) mass is 374 g/mol. The van der Waals surface area contributed by atoms with E-state index in [-0.39, 0.29) is 12.1 Å². The van der Waals surface area contributed by atoms with Crippen LogP contribution in [0.5, 0.6) is 0 Å². The van der Waals surface area contributed by atoms with Gasteiger partial charge in [0.25, 0.3) is 0 Å². The molecule has 3 nitrogen and oxygen atoms in total. The molecule has 0 bridgehead atoms. The first-order chi connectivity index (χ1) is 12.6. The van der Waals surface area contributed by atoms with Crippen LogP contribution >= 0.6 is 0 Å². The molecule has 0 aliphatic heterocycles. The third-order valence-electron chi connectivity index (χ3n) is 9.24. The number of rotatable bonds is 1. The number of carbonyl (C=O) groups excluding carboxylic acids is 2. The van der Waals surface area contributed by atoms with E-state index < -0.39 is 5.41 Å². The number of esters is 1. The molecule has 0 radical (unpaired) electrons. The molecule has 4 fully saturated rings. The molecule has 4 aliphatic rings. The number of ether oxygens (including phenoxy) is 1. The minimum Gasteiger partial charge on any atom is -0.462 e. The summed E-state index contributed by atoms with van der Waals surface area (Å²) in [6, 6.07) is 0. The van der Waals surface area contributed by atoms with E-state index in [0.29, 0.717) is 34.4 Å². The summed E-state index contributed by atoms with van der Waals surface area (Å²) in [6.45, 7) is 10.9. The van der Waals surface area contributed by atoms with Crippen LogP contribution < -0.4 is 0 Å². The van der Waals surface area contributed by atoms with Crippen molar-refractivity contribution in [1.29, 1.82) is 0 Å². The molecule has 4 aliphatic carbocycles. The molecule has 0 N–H and O–H groups in total. The van der Waals surface area contributed by atoms with E-state index in [0.717, 1.165) is 31.6 Å². The average Bonchev–Trinajstić information content (AvgIpc) is 2.99. The zero-order valence-electron chi connectivity index (χ0n) is 18.0. The fourth-order valence-corrected chi connectivity index (χ4v) is 7.69. The third-order valence-corrected chi connectivity index (χ3v) is 9.24. The number of hydrogen-bond donors (Lipinski definition) is 0. The molecule has 0 saturated heterocycles. The maximum Gasteiger partial charge on any atom is 0.311 e. The summed E-state index contributed by atoms with van der Waals surface area (Å²) in [5.74, 6) is 3.01. The van der Waals surface area contributed by atoms with Crippen LogP contribution in [-0.2, 0) is 14.3 Å². The van der Waals surface area contributed by atoms with Gasteiger partial charge in [-0.3, -0.25) is 9.59 Å². The van der Waals surface area contributed by atoms with Crippen molar-refractivity contribution in [3.8, 4) is 0 Å². The van der Waals surface area contributed by atoms with Crippen molar-refractivity contribution in [3.05, 3.63) is 0 Å². The van der Waals surface area contributed by atoms with Crippen LogP contribution in [0, 0.1) is 39.9 Å². The van der Waals surface area contributed by atoms with Crippen LogP contribution in [0.1, 0.15) is 92.4 Å². The highest BCUT2D eigenvalue weighted by Gasteiger charge is 2.62. The first-order valence-corrected chi connectivity index (χ1v) is 11.3. The summed E-state index contributed by atoms with van der Waals surface area (Å²) in [7, 11) is 0. The molecule has 0 aromatic heterocycles. The van der Waals surface area contributed by atoms with Crippen molar-refractivity contribution >= 4 is 11.8 Å². The fourth-order valence-electron chi connectivity index (χ4n) is 7.69. The van der Waals surface area contributed by atoms with E-state index >= 15 is 0 Å². The van der Waals surface area contributed by atoms with E-state index in [9.17, 15) is 9.59 Å². The predicted molar refractivity (Wildman–Crippen MR) is 106 cm³/mol. The van der Waals surface area contributed by atoms with Crippen molar-refractivity contribution < 1.29 is 14.3 Å². The lowest BCUT2D eigenvalue weighted by Crippen LogP contribution is -2.56. The molecular weight excluding hydrogens is 336 g/mol. The Morgan fingerprint density at radius 2 is 1.74 bits per heavy atom. The second-order valence-electron chi connectivity index (χ2n) is 11.7. The van der Waals surface area contributed by atoms with Gasteiger partial charge in [-0.15, -0.1) is 0 Å². The normalized spacial score (nSPS) is 47.0. The highest BCUT2D eigenvalue weighted by Crippen LogP contribution is 2.68. The molecule has 0 heterocycles. The fraction of sp³-hybridized carbons (Fsp3) is 0.917. The maximum atomic E-state index is 12.5. The number of carbonyl (C=O) groups is 2. The number of hydrogen-bond acceptors (Lipinski definition) is 3. The van der Waals surface area contributed by atoms with Gasteiger partial charge in [0.2, 0.25) is 0 Å². The second kappa shape index (κ2) is 6.32. The van der Waals surface area contributed by atoms with Crippen molar-refractivity contribution in [2.24, 2.45) is 39.9 Å². The zero-order chi connectivity index (χ0) is 19.6. The minimum atomic E-state index is -0.417. The van der Waals surface area contributed by atoms with Gasteiger partial charge in [-0.05, 0) is 100 Å². The van der Waals surface area contributed by atoms with Crippen molar-refractivity contribution in [2.45, 2.75) is 98.5 Å². The molecule has 4 saturated carbocycles. The standard InChI is InChI=1S/C24H38O3/c1-22(2,3)21(26)27-19-8-7-18-17(19)6-9-20-23(4)13-11-16(25)14-15(23)10-12-24(18,20)5/h15,17-20H,6-14H2,1-5H3/t15?,17-,18+,19-,20+,23-,24-/m0/s1. The summed E-state index contributed by atoms with van der Waals surface area (Å²) in [5, 5.41) is 0. The average molecular weight is 375 g/mol. The molecule has 3 heteroatoms. The first-order valence-electron chi connectivity index (χ1n) is 11.3. The summed E-state index contributed by atoms with van der Waals surface area (Å²) in [6.07, 6.45) is 10.00. The minimum absolute atomic E-state index is 0.0399. The second-order valence-corrected chi connectivity index (χ2v) is 11.7. The Balaban J connectivity index is 1.54. The molecule has 0 aromatic rings. The van der Waals surface area contributed by atoms with Gasteiger partial charge in [0.1, 0.15) is 11.9 Å². The molecule has 152 valence electrons. The van der Waals surface area contributed by atoms with Crippen LogP contribution in [0.15, 0.2) is 0 Å². The molecule has 1 unspecified atom stereocenters. The quantitative estimate of drug-likeness (QED) is 0.565. The third kappa shape index (κ3) is 2.99. The van der Waals surface area contributed by atoms with Gasteiger partial charge in [0.15, 0.2) is 0 Å². The molecular formula is C24H38O3. The van der Waals surface area contributed by atoms with Crippen LogP contribution in [0.3, 0.4) is 0 Å². The number of ketones is 1. The van der Waals surface area contributed by atoms with E-state index in [1.807, 2.05) is 20.8 Å². The van der Waals surface area contributed by atoms with Gasteiger partial charge < -0.3 is 4.74 Å². The van der Waals surface area contributed by atoms with Gasteiger partial charge in [-0.25, -0.2) is 0 Å². The lowest BCUT2D eigenvalue weighted by Gasteiger charge is -2.63. The van der Waals surface area contributed by atoms with Gasteiger partial charge in [-0.1, -0.05) is 13.8 Å². The van der Waals surface area contributed by atoms with Gasteiger partial charge in [0.05, 0.1) is 5.41 Å². The Morgan fingerprint density at radius 3 is 2.44 bits per heavy atom. The molecule has 0 amide bonds. The maximum absolute atomic E-state index is 12.5. The Labute approximate surface area is 165 Å². The number of fused-ring (bicyclic) bond motifs is 5. The summed E-state index contributed by atoms with van der Waals surface area (Å²) < 4.78 is 6.03. The SMILES string of the molecule is CC(C)(C)C(=O)O[C@H]1CC[C@@H]2[C@@H]1CC[C@H]1[C@@]2(C)CCC2CC(=O)CC[C@@]21C. The smallest absolute Gasteiger partial charge is 0.311 e. The highest BCUT2D eigenvalue weighted by molar-refractivity contribution is 5.79. The predicted octanol–water partition coefficient (Wildman–Crippen LogP) is 5.56. The molecule has 27 heavy (non-hydrogen) atoms. The lowest BCUT2D eigenvalue weighted by atomic mass is 9.42. The summed E-state index contributed by atoms with van der Waals surface area (Å²) >= 11 is 0. The van der Waals surface area contributed by atoms with Gasteiger partial charge in [0, 0.05) is 12.8 Å². The van der Waals surface area contributed by atoms with E-state index in [1.165, 1.54) is 32.1 Å². The van der Waals surface area contributed by atoms with E-state index in [1.54, 1.807) is 0 Å². The molecule has 7 atom stereocenters. The van der Waals surface area contributed by atoms with Crippen LogP contribution in [0.4, 0.5) is 0 Å². The summed E-state index contributed by atoms with van der Waals surface area (Å²) in [4.78, 5) is 24.5. The van der Waals surface area contributed by atoms with Crippen molar-refractivity contribution in [3.63, 3.8) is 0 Å². The van der Waals surface area contributed by atoms with Crippen molar-refractivity contribution in [1.82, 2.24) is 0 Å². The zero-order valence-corrected chi connectivity index (χ0v) is 18.0. The van der Waals surface area contributed by atoms with Gasteiger partial charge >= 0.3 is 5.97 Å². The summed E-state index contributed by atoms with van der Waals surface area (Å²) in [5.41, 5.74) is 0.281. The molecule has 0 spiro atoms. The number of Topliss-reactive ketones (excluding diaryl/α,β-unsaturated/α-hetero) is 1. The largest absolute Gasteiger partial charge is 0.462 e. The Kier molecular flexibility index (Phi) is 4.56. The Morgan fingerprint density at radius 1 is 1.00 bits per heavy atom. The van der Waals surface area contributed by atoms with Crippen LogP contribution in [-0.4, -0.2) is 17.9 Å². The topological polar surface area (TPSA) is 43.4 Å². The Bertz CT molecular complexity index is 632. The van der Waals surface area contributed by atoms with E-state index in [2.05, 4.69) is 13.8 Å². The molecule has 0 aromatic carbocycles. The molecule has 4 rings (SSSR count). The van der Waals surface area contributed by atoms with Gasteiger partial charge in [-0.2, -0.15) is 0 Å². The van der Waals surface area contributed by atoms with Crippen LogP contribution in [0.2, 0.25) is 0 Å². The van der Waals surface area contributed by atoms with Crippen LogP contribution in [0.25, 0.3) is 0 Å². The first kappa shape index (κ1) is 19.5. The van der Waals surface area contributed by atoms with E-state index in [4.69, 9.17) is 4.74 Å².